The number of benzene rings is 1. The molecule has 0 aliphatic heterocycles. The summed E-state index contributed by atoms with van der Waals surface area (Å²) < 4.78 is 0. The van der Waals surface area contributed by atoms with Crippen molar-refractivity contribution >= 4 is 46.9 Å². The molecule has 0 saturated heterocycles. The maximum atomic E-state index is 7.33. The third-order valence-electron chi connectivity index (χ3n) is 2.86. The van der Waals surface area contributed by atoms with Gasteiger partial charge in [-0.15, -0.1) is 0 Å². The molecule has 0 fully saturated rings. The van der Waals surface area contributed by atoms with Crippen LogP contribution in [0.3, 0.4) is 0 Å². The van der Waals surface area contributed by atoms with Crippen LogP contribution >= 0.6 is 11.6 Å². The van der Waals surface area contributed by atoms with Gasteiger partial charge in [-0.25, -0.2) is 4.98 Å². The minimum absolute atomic E-state index is 0.121. The highest BCUT2D eigenvalue weighted by Gasteiger charge is 2.11. The van der Waals surface area contributed by atoms with Crippen molar-refractivity contribution in [2.75, 3.05) is 23.4 Å². The van der Waals surface area contributed by atoms with Crippen molar-refractivity contribution in [3.63, 3.8) is 0 Å². The van der Waals surface area contributed by atoms with Crippen LogP contribution in [0.2, 0.25) is 5.28 Å². The summed E-state index contributed by atoms with van der Waals surface area (Å²) in [7, 11) is 1.74. The summed E-state index contributed by atoms with van der Waals surface area (Å²) in [6.45, 7) is 3.76. The Bertz CT molecular complexity index is 698. The lowest BCUT2D eigenvalue weighted by molar-refractivity contribution is 1.15. The van der Waals surface area contributed by atoms with Gasteiger partial charge in [0.15, 0.2) is 0 Å². The number of nitrogens with two attached hydrogens (primary N) is 1. The molecule has 0 unspecified atom stereocenters. The normalized spacial score (nSPS) is 10.0. The first-order valence-electron chi connectivity index (χ1n) is 6.13. The number of hydrogen-bond acceptors (Lipinski definition) is 6. The van der Waals surface area contributed by atoms with Gasteiger partial charge in [0.05, 0.1) is 5.56 Å². The zero-order valence-corrected chi connectivity index (χ0v) is 12.2. The molecule has 0 atom stereocenters. The molecule has 108 valence electrons. The zero-order valence-electron chi connectivity index (χ0n) is 11.4. The summed E-state index contributed by atoms with van der Waals surface area (Å²) in [5, 5.41) is 13.5. The van der Waals surface area contributed by atoms with E-state index in [4.69, 9.17) is 22.7 Å². The highest BCUT2D eigenvalue weighted by Crippen LogP contribution is 2.27. The first-order chi connectivity index (χ1) is 10.1. The van der Waals surface area contributed by atoms with Crippen LogP contribution in [-0.2, 0) is 0 Å². The van der Waals surface area contributed by atoms with Crippen LogP contribution in [0.4, 0.5) is 23.0 Å². The molecule has 1 aromatic heterocycles. The van der Waals surface area contributed by atoms with Gasteiger partial charge in [0, 0.05) is 30.2 Å². The number of anilines is 4. The van der Waals surface area contributed by atoms with Gasteiger partial charge in [0.1, 0.15) is 11.6 Å². The molecule has 1 heterocycles. The lowest BCUT2D eigenvalue weighted by Gasteiger charge is -2.13. The maximum Gasteiger partial charge on any atom is 0.226 e. The molecule has 2 rings (SSSR count). The maximum absolute atomic E-state index is 7.33. The lowest BCUT2D eigenvalue weighted by Crippen LogP contribution is -2.04. The SMILES string of the molecule is C=Cc1c(NC)nc(Cl)nc1Nc1ccc(N)c(C=N)c1. The average molecular weight is 303 g/mol. The third kappa shape index (κ3) is 3.11. The monoisotopic (exact) mass is 302 g/mol. The van der Waals surface area contributed by atoms with Crippen molar-refractivity contribution in [1.82, 2.24) is 9.97 Å². The Hall–Kier alpha value is -2.60. The summed E-state index contributed by atoms with van der Waals surface area (Å²) in [6.07, 6.45) is 2.83. The Morgan fingerprint density at radius 2 is 2.05 bits per heavy atom. The van der Waals surface area contributed by atoms with E-state index >= 15 is 0 Å². The van der Waals surface area contributed by atoms with Gasteiger partial charge in [-0.05, 0) is 29.8 Å². The van der Waals surface area contributed by atoms with E-state index in [1.165, 1.54) is 6.21 Å². The zero-order chi connectivity index (χ0) is 15.4. The first kappa shape index (κ1) is 14.8. The number of nitrogens with one attached hydrogen (secondary N) is 3. The molecule has 0 radical (unpaired) electrons. The number of nitrogen functional groups attached to an aromatic ring is 1. The fourth-order valence-corrected chi connectivity index (χ4v) is 2.00. The van der Waals surface area contributed by atoms with Gasteiger partial charge in [-0.2, -0.15) is 4.98 Å². The molecular weight excluding hydrogens is 288 g/mol. The van der Waals surface area contributed by atoms with E-state index < -0.39 is 0 Å². The van der Waals surface area contributed by atoms with Gasteiger partial charge in [-0.3, -0.25) is 0 Å². The number of nitrogens with zero attached hydrogens (tertiary/aromatic N) is 2. The number of halogens is 1. The van der Waals surface area contributed by atoms with Gasteiger partial charge >= 0.3 is 0 Å². The van der Waals surface area contributed by atoms with E-state index in [0.717, 1.165) is 5.69 Å². The van der Waals surface area contributed by atoms with Crippen LogP contribution in [0.5, 0.6) is 0 Å². The van der Waals surface area contributed by atoms with Crippen LogP contribution in [0, 0.1) is 5.41 Å². The van der Waals surface area contributed by atoms with Crippen LogP contribution < -0.4 is 16.4 Å². The molecule has 2 aromatic rings. The molecule has 0 bridgehead atoms. The molecular formula is C14H15ClN6. The third-order valence-corrected chi connectivity index (χ3v) is 3.03. The predicted molar refractivity (Wildman–Crippen MR) is 88.7 cm³/mol. The van der Waals surface area contributed by atoms with Crippen molar-refractivity contribution in [2.45, 2.75) is 0 Å². The summed E-state index contributed by atoms with van der Waals surface area (Å²) in [5.41, 5.74) is 8.37. The van der Waals surface area contributed by atoms with Gasteiger partial charge < -0.3 is 21.8 Å². The minimum atomic E-state index is 0.121. The first-order valence-corrected chi connectivity index (χ1v) is 6.51. The van der Waals surface area contributed by atoms with E-state index in [2.05, 4.69) is 27.2 Å². The Balaban J connectivity index is 2.46. The van der Waals surface area contributed by atoms with E-state index in [-0.39, 0.29) is 5.28 Å². The largest absolute Gasteiger partial charge is 0.398 e. The second kappa shape index (κ2) is 6.23. The summed E-state index contributed by atoms with van der Waals surface area (Å²) in [5.74, 6) is 1.10. The lowest BCUT2D eigenvalue weighted by atomic mass is 10.1. The standard InChI is InChI=1S/C14H15ClN6/c1-3-10-12(18-2)20-14(15)21-13(10)19-9-4-5-11(17)8(6-9)7-16/h3-7,16H,1,17H2,2H3,(H2,18,19,20,21). The minimum Gasteiger partial charge on any atom is -0.398 e. The van der Waals surface area contributed by atoms with Crippen molar-refractivity contribution in [3.8, 4) is 0 Å². The number of hydrogen-bond donors (Lipinski definition) is 4. The van der Waals surface area contributed by atoms with Crippen LogP contribution in [-0.4, -0.2) is 23.2 Å². The van der Waals surface area contributed by atoms with Crippen LogP contribution in [0.25, 0.3) is 6.08 Å². The summed E-state index contributed by atoms with van der Waals surface area (Å²) >= 11 is 5.92. The van der Waals surface area contributed by atoms with E-state index in [1.807, 2.05) is 0 Å². The quantitative estimate of drug-likeness (QED) is 0.386. The van der Waals surface area contributed by atoms with E-state index in [1.54, 1.807) is 31.3 Å². The van der Waals surface area contributed by atoms with Crippen molar-refractivity contribution in [2.24, 2.45) is 0 Å². The molecule has 6 nitrogen and oxygen atoms in total. The molecule has 0 aliphatic rings. The molecule has 0 aliphatic carbocycles. The van der Waals surface area contributed by atoms with Crippen molar-refractivity contribution < 1.29 is 0 Å². The topological polar surface area (TPSA) is 99.7 Å². The fraction of sp³-hybridized carbons (Fsp3) is 0.0714. The van der Waals surface area contributed by atoms with Gasteiger partial charge in [0.25, 0.3) is 0 Å². The average Bonchev–Trinajstić information content (AvgIpc) is 2.48. The van der Waals surface area contributed by atoms with Gasteiger partial charge in [-0.1, -0.05) is 12.7 Å². The molecule has 21 heavy (non-hydrogen) atoms. The smallest absolute Gasteiger partial charge is 0.226 e. The molecule has 7 heteroatoms. The van der Waals surface area contributed by atoms with Crippen LogP contribution in [0.1, 0.15) is 11.1 Å². The van der Waals surface area contributed by atoms with Crippen LogP contribution in [0.15, 0.2) is 24.8 Å². The van der Waals surface area contributed by atoms with E-state index in [9.17, 15) is 0 Å². The summed E-state index contributed by atoms with van der Waals surface area (Å²) in [6, 6.07) is 5.27. The Morgan fingerprint density at radius 1 is 1.33 bits per heavy atom. The van der Waals surface area contributed by atoms with E-state index in [0.29, 0.717) is 28.5 Å². The number of rotatable bonds is 5. The Morgan fingerprint density at radius 3 is 2.67 bits per heavy atom. The molecule has 0 saturated carbocycles. The second-order valence-electron chi connectivity index (χ2n) is 4.17. The molecule has 5 N–H and O–H groups in total. The molecule has 1 aromatic carbocycles. The molecule has 0 spiro atoms. The predicted octanol–water partition coefficient (Wildman–Crippen LogP) is 3.14. The van der Waals surface area contributed by atoms with Crippen molar-refractivity contribution in [3.05, 3.63) is 41.2 Å². The Kier molecular flexibility index (Phi) is 4.39. The fourth-order valence-electron chi connectivity index (χ4n) is 1.84. The molecule has 0 amide bonds. The van der Waals surface area contributed by atoms with Crippen molar-refractivity contribution in [1.29, 1.82) is 5.41 Å². The number of aromatic nitrogens is 2. The second-order valence-corrected chi connectivity index (χ2v) is 4.51. The highest BCUT2D eigenvalue weighted by atomic mass is 35.5. The summed E-state index contributed by atoms with van der Waals surface area (Å²) in [4.78, 5) is 8.26. The Labute approximate surface area is 127 Å². The highest BCUT2D eigenvalue weighted by molar-refractivity contribution is 6.28. The van der Waals surface area contributed by atoms with Gasteiger partial charge in [0.2, 0.25) is 5.28 Å².